The fraction of sp³-hybridized carbons (Fsp3) is 0.800. The topological polar surface area (TPSA) is 24.1 Å². The van der Waals surface area contributed by atoms with E-state index >= 15 is 0 Å². The van der Waals surface area contributed by atoms with Crippen LogP contribution in [0, 0.1) is 11.3 Å². The predicted molar refractivity (Wildman–Crippen MR) is 36.8 cm³/mol. The maximum atomic E-state index is 3.09. The van der Waals surface area contributed by atoms with Crippen molar-refractivity contribution in [3.63, 3.8) is 0 Å². The van der Waals surface area contributed by atoms with Gasteiger partial charge in [-0.1, -0.05) is 13.8 Å². The van der Waals surface area contributed by atoms with E-state index in [0.717, 1.165) is 5.88 Å². The second-order valence-electron chi connectivity index (χ2n) is 2.11. The molecule has 0 aliphatic carbocycles. The van der Waals surface area contributed by atoms with Crippen molar-refractivity contribution >= 4 is 11.8 Å². The molecule has 1 aliphatic heterocycles. The minimum Gasteiger partial charge on any atom is -0.246 e. The van der Waals surface area contributed by atoms with Gasteiger partial charge in [-0.3, -0.25) is 0 Å². The Balaban J connectivity index is 2.24. The summed E-state index contributed by atoms with van der Waals surface area (Å²) in [5.74, 6) is 1.66. The quantitative estimate of drug-likeness (QED) is 0.553. The van der Waals surface area contributed by atoms with E-state index in [2.05, 4.69) is 24.7 Å². The van der Waals surface area contributed by atoms with Gasteiger partial charge in [0.15, 0.2) is 0 Å². The zero-order chi connectivity index (χ0) is 5.98. The first-order valence-corrected chi connectivity index (χ1v) is 3.78. The summed E-state index contributed by atoms with van der Waals surface area (Å²) in [6.07, 6.45) is 0. The number of hydrogen-bond acceptors (Lipinski definition) is 3. The summed E-state index contributed by atoms with van der Waals surface area (Å²) in [6, 6.07) is 0. The third kappa shape index (κ3) is 1.37. The number of hydrogen-bond donors (Lipinski definition) is 2. The average molecular weight is 131 g/mol. The summed E-state index contributed by atoms with van der Waals surface area (Å²) in [5, 5.41) is 1.35. The smallest absolute Gasteiger partial charge is 0.110 e. The van der Waals surface area contributed by atoms with Crippen molar-refractivity contribution in [3.8, 4) is 0 Å². The monoisotopic (exact) mass is 131 g/mol. The van der Waals surface area contributed by atoms with E-state index in [1.165, 1.54) is 5.37 Å². The third-order valence-electron chi connectivity index (χ3n) is 1.04. The lowest BCUT2D eigenvalue weighted by molar-refractivity contribution is 0.580. The van der Waals surface area contributed by atoms with Gasteiger partial charge in [0.25, 0.3) is 0 Å². The highest BCUT2D eigenvalue weighted by molar-refractivity contribution is 8.02. The van der Waals surface area contributed by atoms with Gasteiger partial charge in [0.1, 0.15) is 5.37 Å². The van der Waals surface area contributed by atoms with Crippen molar-refractivity contribution in [2.24, 2.45) is 5.92 Å². The normalized spacial score (nSPS) is 22.9. The molecule has 47 valence electrons. The molecule has 2 N–H and O–H groups in total. The van der Waals surface area contributed by atoms with Crippen molar-refractivity contribution in [1.29, 1.82) is 0 Å². The van der Waals surface area contributed by atoms with Crippen LogP contribution in [-0.2, 0) is 0 Å². The van der Waals surface area contributed by atoms with Crippen LogP contribution in [-0.4, -0.2) is 5.88 Å². The predicted octanol–water partition coefficient (Wildman–Crippen LogP) is 0.930. The second-order valence-corrected chi connectivity index (χ2v) is 3.13. The Morgan fingerprint density at radius 3 is 2.62 bits per heavy atom. The second kappa shape index (κ2) is 2.71. The average Bonchev–Trinajstić information content (AvgIpc) is 2.12. The SMILES string of the molecule is CC(C)[C]1NNCS1. The zero-order valence-electron chi connectivity index (χ0n) is 5.19. The molecule has 1 rings (SSSR count). The van der Waals surface area contributed by atoms with Crippen LogP contribution in [0.15, 0.2) is 0 Å². The summed E-state index contributed by atoms with van der Waals surface area (Å²) >= 11 is 1.84. The molecule has 8 heavy (non-hydrogen) atoms. The molecular formula is C5H11N2S. The highest BCUT2D eigenvalue weighted by Crippen LogP contribution is 2.25. The van der Waals surface area contributed by atoms with Crippen molar-refractivity contribution in [3.05, 3.63) is 5.37 Å². The van der Waals surface area contributed by atoms with Crippen molar-refractivity contribution < 1.29 is 0 Å². The first kappa shape index (κ1) is 6.39. The van der Waals surface area contributed by atoms with Crippen LogP contribution < -0.4 is 10.9 Å². The Morgan fingerprint density at radius 2 is 2.38 bits per heavy atom. The molecule has 0 amide bonds. The first-order valence-electron chi connectivity index (χ1n) is 2.79. The van der Waals surface area contributed by atoms with Gasteiger partial charge in [0, 0.05) is 0 Å². The molecule has 1 fully saturated rings. The lowest BCUT2D eigenvalue weighted by atomic mass is 10.2. The van der Waals surface area contributed by atoms with Crippen molar-refractivity contribution in [2.45, 2.75) is 13.8 Å². The molecule has 0 aromatic carbocycles. The largest absolute Gasteiger partial charge is 0.246 e. The highest BCUT2D eigenvalue weighted by Gasteiger charge is 2.18. The van der Waals surface area contributed by atoms with Gasteiger partial charge in [0.2, 0.25) is 0 Å². The van der Waals surface area contributed by atoms with Crippen LogP contribution in [0.4, 0.5) is 0 Å². The molecule has 0 bridgehead atoms. The zero-order valence-corrected chi connectivity index (χ0v) is 6.01. The van der Waals surface area contributed by atoms with Crippen molar-refractivity contribution in [2.75, 3.05) is 5.88 Å². The van der Waals surface area contributed by atoms with Crippen LogP contribution in [0.3, 0.4) is 0 Å². The minimum absolute atomic E-state index is 0.648. The standard InChI is InChI=1S/C5H11N2S/c1-4(2)5-7-6-3-8-5/h4,6-7H,3H2,1-2H3. The van der Waals surface area contributed by atoms with Crippen molar-refractivity contribution in [1.82, 2.24) is 10.9 Å². The fourth-order valence-corrected chi connectivity index (χ4v) is 1.36. The molecule has 3 heteroatoms. The molecule has 0 aromatic heterocycles. The molecule has 1 saturated heterocycles. The molecule has 1 radical (unpaired) electrons. The fourth-order valence-electron chi connectivity index (χ4n) is 0.584. The van der Waals surface area contributed by atoms with E-state index in [1.54, 1.807) is 0 Å². The molecule has 2 nitrogen and oxygen atoms in total. The Morgan fingerprint density at radius 1 is 1.62 bits per heavy atom. The van der Waals surface area contributed by atoms with E-state index in [4.69, 9.17) is 0 Å². The number of thioether (sulfide) groups is 1. The summed E-state index contributed by atoms with van der Waals surface area (Å²) in [6.45, 7) is 4.37. The molecule has 0 saturated carbocycles. The van der Waals surface area contributed by atoms with E-state index in [0.29, 0.717) is 5.92 Å². The number of hydrazine groups is 1. The molecule has 0 unspecified atom stereocenters. The summed E-state index contributed by atoms with van der Waals surface area (Å²) in [4.78, 5) is 0. The van der Waals surface area contributed by atoms with Crippen LogP contribution in [0.25, 0.3) is 0 Å². The van der Waals surface area contributed by atoms with E-state index in [1.807, 2.05) is 11.8 Å². The summed E-state index contributed by atoms with van der Waals surface area (Å²) in [5.41, 5.74) is 6.12. The lowest BCUT2D eigenvalue weighted by Crippen LogP contribution is -2.26. The molecule has 0 aromatic rings. The Bertz CT molecular complexity index is 68.8. The van der Waals surface area contributed by atoms with Gasteiger partial charge >= 0.3 is 0 Å². The Hall–Kier alpha value is 0.270. The third-order valence-corrected chi connectivity index (χ3v) is 2.21. The Labute approximate surface area is 54.4 Å². The van der Waals surface area contributed by atoms with Crippen LogP contribution in [0.5, 0.6) is 0 Å². The molecule has 0 atom stereocenters. The van der Waals surface area contributed by atoms with Gasteiger partial charge in [-0.05, 0) is 5.92 Å². The van der Waals surface area contributed by atoms with Crippen LogP contribution >= 0.6 is 11.8 Å². The lowest BCUT2D eigenvalue weighted by Gasteiger charge is -2.09. The van der Waals surface area contributed by atoms with Gasteiger partial charge in [-0.25, -0.2) is 10.9 Å². The molecule has 1 heterocycles. The van der Waals surface area contributed by atoms with Gasteiger partial charge in [0.05, 0.1) is 5.88 Å². The first-order chi connectivity index (χ1) is 3.80. The molecule has 1 aliphatic rings. The van der Waals surface area contributed by atoms with Gasteiger partial charge in [-0.15, -0.1) is 11.8 Å². The Kier molecular flexibility index (Phi) is 2.16. The van der Waals surface area contributed by atoms with E-state index in [-0.39, 0.29) is 0 Å². The van der Waals surface area contributed by atoms with Gasteiger partial charge < -0.3 is 0 Å². The summed E-state index contributed by atoms with van der Waals surface area (Å²) in [7, 11) is 0. The van der Waals surface area contributed by atoms with Crippen LogP contribution in [0.2, 0.25) is 0 Å². The molecule has 0 spiro atoms. The number of rotatable bonds is 1. The van der Waals surface area contributed by atoms with Gasteiger partial charge in [-0.2, -0.15) is 0 Å². The van der Waals surface area contributed by atoms with E-state index in [9.17, 15) is 0 Å². The van der Waals surface area contributed by atoms with E-state index < -0.39 is 0 Å². The maximum absolute atomic E-state index is 3.09. The van der Waals surface area contributed by atoms with Crippen LogP contribution in [0.1, 0.15) is 13.8 Å². The molecular weight excluding hydrogens is 120 g/mol. The number of nitrogens with one attached hydrogen (secondary N) is 2. The minimum atomic E-state index is 0.648. The maximum Gasteiger partial charge on any atom is 0.110 e. The highest BCUT2D eigenvalue weighted by atomic mass is 32.2. The summed E-state index contributed by atoms with van der Waals surface area (Å²) < 4.78 is 0.